The molecular formula is C12H20N2O4S2. The Kier molecular flexibility index (Phi) is 5.69. The molecule has 1 atom stereocenters. The van der Waals surface area contributed by atoms with Gasteiger partial charge < -0.3 is 5.32 Å². The van der Waals surface area contributed by atoms with E-state index in [1.807, 2.05) is 6.92 Å². The second-order valence-electron chi connectivity index (χ2n) is 4.76. The molecule has 0 aliphatic carbocycles. The van der Waals surface area contributed by atoms with Gasteiger partial charge in [-0.2, -0.15) is 0 Å². The molecule has 0 saturated heterocycles. The molecule has 0 spiro atoms. The fourth-order valence-corrected chi connectivity index (χ4v) is 3.42. The zero-order chi connectivity index (χ0) is 15.4. The molecule has 6 nitrogen and oxygen atoms in total. The van der Waals surface area contributed by atoms with E-state index in [9.17, 15) is 16.8 Å². The molecule has 0 amide bonds. The van der Waals surface area contributed by atoms with Crippen LogP contribution in [0.25, 0.3) is 0 Å². The molecule has 1 aromatic carbocycles. The highest BCUT2D eigenvalue weighted by Crippen LogP contribution is 2.12. The number of sulfone groups is 1. The fourth-order valence-electron chi connectivity index (χ4n) is 1.49. The van der Waals surface area contributed by atoms with Crippen molar-refractivity contribution in [2.24, 2.45) is 0 Å². The lowest BCUT2D eigenvalue weighted by molar-refractivity contribution is 0.554. The Morgan fingerprint density at radius 2 is 1.65 bits per heavy atom. The molecule has 1 aromatic rings. The number of sulfonamides is 1. The first-order chi connectivity index (χ1) is 9.14. The molecule has 0 saturated carbocycles. The highest BCUT2D eigenvalue weighted by Gasteiger charge is 2.15. The van der Waals surface area contributed by atoms with Crippen LogP contribution in [-0.2, 0) is 25.6 Å². The summed E-state index contributed by atoms with van der Waals surface area (Å²) in [5.74, 6) is -0.0997. The van der Waals surface area contributed by atoms with Gasteiger partial charge in [0.05, 0.1) is 10.6 Å². The predicted molar refractivity (Wildman–Crippen MR) is 78.7 cm³/mol. The molecule has 8 heteroatoms. The van der Waals surface area contributed by atoms with Crippen LogP contribution in [0.15, 0.2) is 29.2 Å². The van der Waals surface area contributed by atoms with E-state index in [4.69, 9.17) is 0 Å². The van der Waals surface area contributed by atoms with Gasteiger partial charge in [-0.05, 0) is 31.7 Å². The van der Waals surface area contributed by atoms with Gasteiger partial charge in [0.25, 0.3) is 0 Å². The van der Waals surface area contributed by atoms with Crippen LogP contribution in [0.1, 0.15) is 12.5 Å². The normalized spacial score (nSPS) is 14.2. The molecule has 0 aliphatic heterocycles. The molecule has 0 bridgehead atoms. The lowest BCUT2D eigenvalue weighted by atomic mass is 10.2. The molecule has 2 N–H and O–H groups in total. The number of hydrogen-bond donors (Lipinski definition) is 2. The minimum Gasteiger partial charge on any atom is -0.316 e. The minimum atomic E-state index is -3.57. The highest BCUT2D eigenvalue weighted by atomic mass is 32.2. The zero-order valence-corrected chi connectivity index (χ0v) is 13.4. The van der Waals surface area contributed by atoms with E-state index in [1.165, 1.54) is 24.3 Å². The van der Waals surface area contributed by atoms with Gasteiger partial charge in [0.1, 0.15) is 0 Å². The molecule has 0 fully saturated rings. The molecular weight excluding hydrogens is 300 g/mol. The molecule has 20 heavy (non-hydrogen) atoms. The summed E-state index contributed by atoms with van der Waals surface area (Å²) in [5, 5.41) is 2.93. The van der Waals surface area contributed by atoms with Gasteiger partial charge in [0.15, 0.2) is 9.84 Å². The molecule has 0 heterocycles. The first kappa shape index (κ1) is 17.1. The van der Waals surface area contributed by atoms with Crippen molar-refractivity contribution in [3.05, 3.63) is 29.8 Å². The number of likely N-dealkylation sites (N-methyl/N-ethyl adjacent to an activating group) is 1. The zero-order valence-electron chi connectivity index (χ0n) is 11.8. The third kappa shape index (κ3) is 5.58. The van der Waals surface area contributed by atoms with E-state index in [-0.39, 0.29) is 23.2 Å². The van der Waals surface area contributed by atoms with E-state index in [1.54, 1.807) is 7.05 Å². The first-order valence-corrected chi connectivity index (χ1v) is 9.62. The fraction of sp³-hybridized carbons (Fsp3) is 0.500. The summed E-state index contributed by atoms with van der Waals surface area (Å²) in [6, 6.07) is 5.86. The van der Waals surface area contributed by atoms with Crippen LogP contribution in [-0.4, -0.2) is 42.7 Å². The molecule has 1 unspecified atom stereocenters. The van der Waals surface area contributed by atoms with Crippen molar-refractivity contribution in [2.75, 3.05) is 19.8 Å². The lowest BCUT2D eigenvalue weighted by Crippen LogP contribution is -2.37. The number of benzene rings is 1. The third-order valence-electron chi connectivity index (χ3n) is 2.73. The van der Waals surface area contributed by atoms with Gasteiger partial charge in [-0.3, -0.25) is 0 Å². The summed E-state index contributed by atoms with van der Waals surface area (Å²) in [6.07, 6.45) is 1.14. The smallest absolute Gasteiger partial charge is 0.240 e. The maximum atomic E-state index is 12.0. The van der Waals surface area contributed by atoms with Crippen LogP contribution in [0, 0.1) is 0 Å². The second kappa shape index (κ2) is 6.66. The van der Waals surface area contributed by atoms with Crippen molar-refractivity contribution >= 4 is 19.9 Å². The standard InChI is InChI=1S/C12H20N2O4S2/c1-10(13-2)8-14-20(17,18)12-6-4-11(5-7-12)9-19(3,15)16/h4-7,10,13-14H,8-9H2,1-3H3. The monoisotopic (exact) mass is 320 g/mol. The summed E-state index contributed by atoms with van der Waals surface area (Å²) >= 11 is 0. The summed E-state index contributed by atoms with van der Waals surface area (Å²) in [5.41, 5.74) is 0.565. The van der Waals surface area contributed by atoms with E-state index in [0.29, 0.717) is 5.56 Å². The van der Waals surface area contributed by atoms with E-state index in [0.717, 1.165) is 6.26 Å². The molecule has 114 valence electrons. The average molecular weight is 320 g/mol. The Bertz CT molecular complexity index is 637. The molecule has 0 aliphatic rings. The van der Waals surface area contributed by atoms with Gasteiger partial charge >= 0.3 is 0 Å². The Labute approximate surface area is 120 Å². The third-order valence-corrected chi connectivity index (χ3v) is 5.03. The van der Waals surface area contributed by atoms with E-state index < -0.39 is 19.9 Å². The van der Waals surface area contributed by atoms with Crippen LogP contribution >= 0.6 is 0 Å². The van der Waals surface area contributed by atoms with Crippen LogP contribution in [0.2, 0.25) is 0 Å². The average Bonchev–Trinajstić information content (AvgIpc) is 2.34. The predicted octanol–water partition coefficient (Wildman–Crippen LogP) is 0.117. The Morgan fingerprint density at radius 3 is 2.10 bits per heavy atom. The first-order valence-electron chi connectivity index (χ1n) is 6.07. The second-order valence-corrected chi connectivity index (χ2v) is 8.66. The molecule has 1 rings (SSSR count). The maximum Gasteiger partial charge on any atom is 0.240 e. The van der Waals surface area contributed by atoms with Crippen LogP contribution in [0.5, 0.6) is 0 Å². The quantitative estimate of drug-likeness (QED) is 0.744. The van der Waals surface area contributed by atoms with Gasteiger partial charge in [-0.15, -0.1) is 0 Å². The largest absolute Gasteiger partial charge is 0.316 e. The van der Waals surface area contributed by atoms with Crippen molar-refractivity contribution < 1.29 is 16.8 Å². The summed E-state index contributed by atoms with van der Waals surface area (Å²) < 4.78 is 48.8. The number of hydrogen-bond acceptors (Lipinski definition) is 5. The van der Waals surface area contributed by atoms with Gasteiger partial charge in [-0.25, -0.2) is 21.6 Å². The summed E-state index contributed by atoms with van der Waals surface area (Å²) in [6.45, 7) is 2.14. The Morgan fingerprint density at radius 1 is 1.10 bits per heavy atom. The van der Waals surface area contributed by atoms with Crippen molar-refractivity contribution in [1.29, 1.82) is 0 Å². The number of nitrogens with one attached hydrogen (secondary N) is 2. The minimum absolute atomic E-state index is 0.0225. The Hall–Kier alpha value is -0.960. The highest BCUT2D eigenvalue weighted by molar-refractivity contribution is 7.90. The topological polar surface area (TPSA) is 92.3 Å². The van der Waals surface area contributed by atoms with Crippen molar-refractivity contribution in [1.82, 2.24) is 10.0 Å². The van der Waals surface area contributed by atoms with Crippen LogP contribution < -0.4 is 10.0 Å². The van der Waals surface area contributed by atoms with Crippen molar-refractivity contribution in [2.45, 2.75) is 23.6 Å². The van der Waals surface area contributed by atoms with Gasteiger partial charge in [0.2, 0.25) is 10.0 Å². The molecule has 0 aromatic heterocycles. The lowest BCUT2D eigenvalue weighted by Gasteiger charge is -2.12. The van der Waals surface area contributed by atoms with E-state index in [2.05, 4.69) is 10.0 Å². The van der Waals surface area contributed by atoms with Crippen LogP contribution in [0.3, 0.4) is 0 Å². The van der Waals surface area contributed by atoms with Crippen LogP contribution in [0.4, 0.5) is 0 Å². The van der Waals surface area contributed by atoms with Gasteiger partial charge in [-0.1, -0.05) is 12.1 Å². The Balaban J connectivity index is 2.82. The van der Waals surface area contributed by atoms with Crippen molar-refractivity contribution in [3.8, 4) is 0 Å². The SMILES string of the molecule is CNC(C)CNS(=O)(=O)c1ccc(CS(C)(=O)=O)cc1. The van der Waals surface area contributed by atoms with E-state index >= 15 is 0 Å². The van der Waals surface area contributed by atoms with Crippen molar-refractivity contribution in [3.63, 3.8) is 0 Å². The summed E-state index contributed by atoms with van der Waals surface area (Å²) in [4.78, 5) is 0.123. The van der Waals surface area contributed by atoms with Gasteiger partial charge in [0, 0.05) is 18.8 Å². The molecule has 0 radical (unpaired) electrons. The summed E-state index contributed by atoms with van der Waals surface area (Å²) in [7, 11) is -4.94. The maximum absolute atomic E-state index is 12.0. The number of rotatable bonds is 7.